The molecule has 0 radical (unpaired) electrons. The van der Waals surface area contributed by atoms with Crippen molar-refractivity contribution in [1.82, 2.24) is 10.2 Å². The lowest BCUT2D eigenvalue weighted by atomic mass is 9.82. The highest BCUT2D eigenvalue weighted by molar-refractivity contribution is 5.73. The molecule has 1 aliphatic rings. The SMILES string of the molecule is COc1ccc2c(c1)CCC[C@H]2CNC(=O)N(C)C[C@@H](C)O. The van der Waals surface area contributed by atoms with Gasteiger partial charge in [-0.05, 0) is 49.4 Å². The molecule has 0 unspecified atom stereocenters. The molecule has 1 aromatic rings. The second-order valence-corrected chi connectivity index (χ2v) is 6.07. The van der Waals surface area contributed by atoms with Crippen LogP contribution in [0.4, 0.5) is 4.79 Å². The topological polar surface area (TPSA) is 61.8 Å². The number of fused-ring (bicyclic) bond motifs is 1. The highest BCUT2D eigenvalue weighted by atomic mass is 16.5. The molecule has 2 rings (SSSR count). The zero-order chi connectivity index (χ0) is 16.1. The molecule has 0 heterocycles. The van der Waals surface area contributed by atoms with E-state index in [2.05, 4.69) is 17.4 Å². The number of hydrogen-bond acceptors (Lipinski definition) is 3. The molecule has 0 aliphatic heterocycles. The van der Waals surface area contributed by atoms with Gasteiger partial charge >= 0.3 is 6.03 Å². The van der Waals surface area contributed by atoms with Crippen LogP contribution in [0.3, 0.4) is 0 Å². The predicted molar refractivity (Wildman–Crippen MR) is 86.4 cm³/mol. The molecule has 2 N–H and O–H groups in total. The Labute approximate surface area is 132 Å². The monoisotopic (exact) mass is 306 g/mol. The van der Waals surface area contributed by atoms with Crippen molar-refractivity contribution in [3.8, 4) is 5.75 Å². The fraction of sp³-hybridized carbons (Fsp3) is 0.588. The lowest BCUT2D eigenvalue weighted by Gasteiger charge is -2.27. The number of nitrogens with zero attached hydrogens (tertiary/aromatic N) is 1. The number of likely N-dealkylation sites (N-methyl/N-ethyl adjacent to an activating group) is 1. The summed E-state index contributed by atoms with van der Waals surface area (Å²) in [6.07, 6.45) is 2.77. The molecule has 1 aromatic carbocycles. The molecule has 5 nitrogen and oxygen atoms in total. The van der Waals surface area contributed by atoms with Crippen LogP contribution in [0.15, 0.2) is 18.2 Å². The number of nitrogens with one attached hydrogen (secondary N) is 1. The number of methoxy groups -OCH3 is 1. The Balaban J connectivity index is 1.96. The van der Waals surface area contributed by atoms with Gasteiger partial charge in [0.05, 0.1) is 13.2 Å². The van der Waals surface area contributed by atoms with Crippen LogP contribution >= 0.6 is 0 Å². The van der Waals surface area contributed by atoms with Gasteiger partial charge in [-0.3, -0.25) is 0 Å². The number of ether oxygens (including phenoxy) is 1. The highest BCUT2D eigenvalue weighted by Crippen LogP contribution is 2.33. The first-order chi connectivity index (χ1) is 10.5. The predicted octanol–water partition coefficient (Wildman–Crippen LogP) is 2.14. The normalized spacial score (nSPS) is 18.3. The van der Waals surface area contributed by atoms with Crippen molar-refractivity contribution in [1.29, 1.82) is 0 Å². The van der Waals surface area contributed by atoms with Gasteiger partial charge in [0.15, 0.2) is 0 Å². The molecule has 22 heavy (non-hydrogen) atoms. The first kappa shape index (κ1) is 16.6. The summed E-state index contributed by atoms with van der Waals surface area (Å²) in [5.74, 6) is 1.23. The molecule has 0 aromatic heterocycles. The van der Waals surface area contributed by atoms with Crippen LogP contribution in [0.5, 0.6) is 5.75 Å². The van der Waals surface area contributed by atoms with Gasteiger partial charge in [-0.25, -0.2) is 4.79 Å². The Morgan fingerprint density at radius 1 is 1.55 bits per heavy atom. The average Bonchev–Trinajstić information content (AvgIpc) is 2.51. The van der Waals surface area contributed by atoms with E-state index in [1.54, 1.807) is 21.1 Å². The summed E-state index contributed by atoms with van der Waals surface area (Å²) < 4.78 is 5.28. The van der Waals surface area contributed by atoms with Gasteiger partial charge in [-0.2, -0.15) is 0 Å². The number of aliphatic hydroxyl groups is 1. The number of carbonyl (C=O) groups excluding carboxylic acids is 1. The van der Waals surface area contributed by atoms with Gasteiger partial charge in [-0.15, -0.1) is 0 Å². The van der Waals surface area contributed by atoms with Crippen molar-refractivity contribution in [2.75, 3.05) is 27.2 Å². The lowest BCUT2D eigenvalue weighted by Crippen LogP contribution is -2.42. The minimum absolute atomic E-state index is 0.137. The van der Waals surface area contributed by atoms with E-state index >= 15 is 0 Å². The maximum Gasteiger partial charge on any atom is 0.317 e. The van der Waals surface area contributed by atoms with E-state index < -0.39 is 6.10 Å². The summed E-state index contributed by atoms with van der Waals surface area (Å²) in [5, 5.41) is 12.3. The molecule has 0 bridgehead atoms. The smallest absolute Gasteiger partial charge is 0.317 e. The Kier molecular flexibility index (Phi) is 5.66. The fourth-order valence-corrected chi connectivity index (χ4v) is 3.06. The second kappa shape index (κ2) is 7.49. The Bertz CT molecular complexity index is 517. The minimum Gasteiger partial charge on any atom is -0.497 e. The van der Waals surface area contributed by atoms with E-state index in [-0.39, 0.29) is 6.03 Å². The fourth-order valence-electron chi connectivity index (χ4n) is 3.06. The van der Waals surface area contributed by atoms with Crippen molar-refractivity contribution in [2.45, 2.75) is 38.2 Å². The van der Waals surface area contributed by atoms with E-state index in [9.17, 15) is 9.90 Å². The van der Waals surface area contributed by atoms with Crippen LogP contribution in [0.25, 0.3) is 0 Å². The zero-order valence-electron chi connectivity index (χ0n) is 13.6. The molecule has 122 valence electrons. The summed E-state index contributed by atoms with van der Waals surface area (Å²) >= 11 is 0. The van der Waals surface area contributed by atoms with Gasteiger partial charge in [0.25, 0.3) is 0 Å². The minimum atomic E-state index is -0.515. The molecule has 5 heteroatoms. The van der Waals surface area contributed by atoms with E-state index in [1.807, 2.05) is 6.07 Å². The zero-order valence-corrected chi connectivity index (χ0v) is 13.6. The number of aliphatic hydroxyl groups excluding tert-OH is 1. The third-order valence-electron chi connectivity index (χ3n) is 4.17. The number of hydrogen-bond donors (Lipinski definition) is 2. The Hall–Kier alpha value is -1.75. The number of benzene rings is 1. The van der Waals surface area contributed by atoms with E-state index in [0.29, 0.717) is 19.0 Å². The van der Waals surface area contributed by atoms with Crippen LogP contribution in [-0.4, -0.2) is 49.4 Å². The Morgan fingerprint density at radius 2 is 2.32 bits per heavy atom. The van der Waals surface area contributed by atoms with Gasteiger partial charge in [0.1, 0.15) is 5.75 Å². The van der Waals surface area contributed by atoms with Crippen molar-refractivity contribution >= 4 is 6.03 Å². The first-order valence-corrected chi connectivity index (χ1v) is 7.85. The maximum absolute atomic E-state index is 12.0. The van der Waals surface area contributed by atoms with Gasteiger partial charge < -0.3 is 20.1 Å². The average molecular weight is 306 g/mol. The van der Waals surface area contributed by atoms with Crippen molar-refractivity contribution in [3.05, 3.63) is 29.3 Å². The quantitative estimate of drug-likeness (QED) is 0.876. The van der Waals surface area contributed by atoms with Gasteiger partial charge in [0.2, 0.25) is 0 Å². The molecular weight excluding hydrogens is 280 g/mol. The second-order valence-electron chi connectivity index (χ2n) is 6.07. The maximum atomic E-state index is 12.0. The number of rotatable bonds is 5. The highest BCUT2D eigenvalue weighted by Gasteiger charge is 2.22. The standard InChI is InChI=1S/C17H26N2O3/c1-12(20)11-19(2)17(21)18-10-14-6-4-5-13-9-15(22-3)7-8-16(13)14/h7-9,12,14,20H,4-6,10-11H2,1-3H3,(H,18,21)/t12-,14+/m1/s1. The summed E-state index contributed by atoms with van der Waals surface area (Å²) in [6.45, 7) is 2.64. The Morgan fingerprint density at radius 3 is 3.00 bits per heavy atom. The van der Waals surface area contributed by atoms with Gasteiger partial charge in [-0.1, -0.05) is 6.07 Å². The lowest BCUT2D eigenvalue weighted by molar-refractivity contribution is 0.143. The molecule has 1 aliphatic carbocycles. The molecule has 0 saturated heterocycles. The molecular formula is C17H26N2O3. The first-order valence-electron chi connectivity index (χ1n) is 7.85. The third-order valence-corrected chi connectivity index (χ3v) is 4.17. The molecule has 2 atom stereocenters. The van der Waals surface area contributed by atoms with Crippen LogP contribution in [0.1, 0.15) is 36.8 Å². The molecule has 0 saturated carbocycles. The van der Waals surface area contributed by atoms with Gasteiger partial charge in [0, 0.05) is 26.1 Å². The number of amides is 2. The number of carbonyl (C=O) groups is 1. The van der Waals surface area contributed by atoms with Crippen LogP contribution in [-0.2, 0) is 6.42 Å². The largest absolute Gasteiger partial charge is 0.497 e. The van der Waals surface area contributed by atoms with Crippen molar-refractivity contribution in [2.24, 2.45) is 0 Å². The van der Waals surface area contributed by atoms with Crippen molar-refractivity contribution < 1.29 is 14.6 Å². The third kappa shape index (κ3) is 4.13. The summed E-state index contributed by atoms with van der Waals surface area (Å²) in [7, 11) is 3.38. The van der Waals surface area contributed by atoms with E-state index in [4.69, 9.17) is 4.74 Å². The van der Waals surface area contributed by atoms with E-state index in [1.165, 1.54) is 16.0 Å². The summed E-state index contributed by atoms with van der Waals surface area (Å²) in [6, 6.07) is 6.06. The molecule has 0 fully saturated rings. The molecule has 0 spiro atoms. The molecule has 2 amide bonds. The summed E-state index contributed by atoms with van der Waals surface area (Å²) in [4.78, 5) is 13.5. The summed E-state index contributed by atoms with van der Waals surface area (Å²) in [5.41, 5.74) is 2.63. The van der Waals surface area contributed by atoms with Crippen LogP contribution < -0.4 is 10.1 Å². The van der Waals surface area contributed by atoms with E-state index in [0.717, 1.165) is 25.0 Å². The van der Waals surface area contributed by atoms with Crippen LogP contribution in [0.2, 0.25) is 0 Å². The number of urea groups is 1. The van der Waals surface area contributed by atoms with Crippen molar-refractivity contribution in [3.63, 3.8) is 0 Å². The number of aryl methyl sites for hydroxylation is 1. The van der Waals surface area contributed by atoms with Crippen LogP contribution in [0, 0.1) is 0 Å².